The van der Waals surface area contributed by atoms with Crippen molar-refractivity contribution < 1.29 is 0 Å². The summed E-state index contributed by atoms with van der Waals surface area (Å²) in [5.74, 6) is 3.24. The first kappa shape index (κ1) is 80.0. The lowest BCUT2D eigenvalue weighted by Crippen LogP contribution is -2.06. The highest BCUT2D eigenvalue weighted by Gasteiger charge is 2.27. The fourth-order valence-electron chi connectivity index (χ4n) is 20.4. The smallest absolute Gasteiger partial charge is 0.238 e. The van der Waals surface area contributed by atoms with Crippen molar-refractivity contribution in [3.63, 3.8) is 0 Å². The molecule has 0 saturated carbocycles. The zero-order valence-electron chi connectivity index (χ0n) is 74.6. The predicted octanol–water partition coefficient (Wildman–Crippen LogP) is 31.1. The summed E-state index contributed by atoms with van der Waals surface area (Å²) < 4.78 is 14.0. The van der Waals surface area contributed by atoms with Crippen molar-refractivity contribution in [1.82, 2.24) is 62.3 Å². The Balaban J connectivity index is 0.000000107. The van der Waals surface area contributed by atoms with E-state index in [9.17, 15) is 0 Å². The van der Waals surface area contributed by atoms with Gasteiger partial charge in [-0.05, 0) is 127 Å². The minimum atomic E-state index is 0.593. The lowest BCUT2D eigenvalue weighted by Gasteiger charge is -2.12. The zero-order valence-corrected chi connectivity index (χ0v) is 74.6. The zero-order chi connectivity index (χ0) is 91.1. The van der Waals surface area contributed by atoms with Crippen LogP contribution in [0.5, 0.6) is 0 Å². The second-order valence-electron chi connectivity index (χ2n) is 34.7. The average molecular weight is 1770 g/mol. The van der Waals surface area contributed by atoms with Gasteiger partial charge in [0.25, 0.3) is 0 Å². The van der Waals surface area contributed by atoms with Gasteiger partial charge < -0.3 is 18.3 Å². The Labute approximate surface area is 793 Å². The van der Waals surface area contributed by atoms with Crippen LogP contribution in [-0.4, -0.2) is 62.3 Å². The molecule has 28 rings (SSSR count). The maximum Gasteiger partial charge on any atom is 0.238 e. The number of hydrogen-bond acceptors (Lipinski definition) is 7. The SMILES string of the molecule is c1ccc(-c2cc(-c3ccc(-n4c5ccccc5c5ccc6c(c7ccccc7n6-c6ccccc6)c54)cc3)nc(-c3ccccc3)n2)cc1.c1ccc(-c2cc(-c3ccccc3)nc(-n3c4ccccc4c4cc5c(cc43)c3ccccc3n5-c3ccccc3)n2)cc1.c1ccc(-c2nc(-c3ccccc3)nc(-n3c4ccccc4c4cc5c(cc43)c3ccccc3n5-c3ccccc3)n2)cc1. The number of hydrogen-bond donors (Lipinski definition) is 0. The van der Waals surface area contributed by atoms with Gasteiger partial charge in [-0.1, -0.05) is 364 Å². The minimum absolute atomic E-state index is 0.593. The van der Waals surface area contributed by atoms with E-state index in [0.717, 1.165) is 117 Å². The van der Waals surface area contributed by atoms with Crippen LogP contribution in [0, 0.1) is 0 Å². The number of nitrogens with zero attached hydrogens (tertiary/aromatic N) is 13. The predicted molar refractivity (Wildman–Crippen MR) is 568 cm³/mol. The Bertz CT molecular complexity index is 9010. The van der Waals surface area contributed by atoms with Gasteiger partial charge in [-0.15, -0.1) is 0 Å². The van der Waals surface area contributed by atoms with Gasteiger partial charge in [-0.2, -0.15) is 9.97 Å². The topological polar surface area (TPSA) is 120 Å². The second-order valence-corrected chi connectivity index (χ2v) is 34.7. The molecule has 0 radical (unpaired) electrons. The molecule has 0 amide bonds. The van der Waals surface area contributed by atoms with E-state index >= 15 is 0 Å². The summed E-state index contributed by atoms with van der Waals surface area (Å²) in [6, 6.07) is 172. The van der Waals surface area contributed by atoms with E-state index in [2.05, 4.69) is 410 Å². The van der Waals surface area contributed by atoms with Gasteiger partial charge >= 0.3 is 0 Å². The van der Waals surface area contributed by atoms with Gasteiger partial charge in [-0.25, -0.2) is 24.9 Å². The first-order valence-electron chi connectivity index (χ1n) is 46.5. The van der Waals surface area contributed by atoms with Crippen LogP contribution in [0.15, 0.2) is 491 Å². The van der Waals surface area contributed by atoms with Crippen molar-refractivity contribution in [2.24, 2.45) is 0 Å². The number of aromatic nitrogens is 13. The van der Waals surface area contributed by atoms with Gasteiger partial charge in [0.05, 0.1) is 89.0 Å². The molecule has 138 heavy (non-hydrogen) atoms. The summed E-state index contributed by atoms with van der Waals surface area (Å²) >= 11 is 0. The molecule has 646 valence electrons. The van der Waals surface area contributed by atoms with Crippen LogP contribution in [0.25, 0.3) is 245 Å². The first-order valence-corrected chi connectivity index (χ1v) is 46.5. The molecule has 0 N–H and O–H groups in total. The molecule has 0 aliphatic carbocycles. The summed E-state index contributed by atoms with van der Waals surface area (Å²) in [6.45, 7) is 0. The maximum atomic E-state index is 5.21. The highest BCUT2D eigenvalue weighted by Crippen LogP contribution is 2.46. The quantitative estimate of drug-likeness (QED) is 0.113. The van der Waals surface area contributed by atoms with Crippen molar-refractivity contribution in [2.75, 3.05) is 0 Å². The van der Waals surface area contributed by atoms with Crippen molar-refractivity contribution in [3.8, 4) is 114 Å². The Morgan fingerprint density at radius 1 is 0.130 bits per heavy atom. The molecule has 0 saturated heterocycles. The monoisotopic (exact) mass is 1760 g/mol. The van der Waals surface area contributed by atoms with Crippen molar-refractivity contribution >= 4 is 131 Å². The van der Waals surface area contributed by atoms with Gasteiger partial charge in [0, 0.05) is 126 Å². The van der Waals surface area contributed by atoms with Crippen molar-refractivity contribution in [1.29, 1.82) is 0 Å². The molecule has 13 nitrogen and oxygen atoms in total. The number of benzene rings is 19. The molecule has 0 aliphatic heterocycles. The number of rotatable bonds is 13. The van der Waals surface area contributed by atoms with Crippen LogP contribution >= 0.6 is 0 Å². The van der Waals surface area contributed by atoms with Crippen LogP contribution in [0.4, 0.5) is 0 Å². The molecular formula is C125H81N13. The fourth-order valence-corrected chi connectivity index (χ4v) is 20.4. The van der Waals surface area contributed by atoms with E-state index in [1.807, 2.05) is 109 Å². The number of para-hydroxylation sites is 9. The van der Waals surface area contributed by atoms with Gasteiger partial charge in [0.15, 0.2) is 17.5 Å². The molecule has 9 heterocycles. The Kier molecular flexibility index (Phi) is 19.6. The highest BCUT2D eigenvalue weighted by atomic mass is 15.2. The van der Waals surface area contributed by atoms with Gasteiger partial charge in [0.1, 0.15) is 0 Å². The third kappa shape index (κ3) is 13.8. The molecule has 0 aliphatic rings. The van der Waals surface area contributed by atoms with Crippen LogP contribution in [0.1, 0.15) is 0 Å². The number of fused-ring (bicyclic) bond motifs is 19. The third-order valence-corrected chi connectivity index (χ3v) is 26.6. The maximum absolute atomic E-state index is 5.21. The Morgan fingerprint density at radius 3 is 0.739 bits per heavy atom. The molecule has 9 aromatic heterocycles. The lowest BCUT2D eigenvalue weighted by atomic mass is 10.1. The van der Waals surface area contributed by atoms with E-state index in [1.165, 1.54) is 98.0 Å². The van der Waals surface area contributed by atoms with E-state index < -0.39 is 0 Å². The second kappa shape index (κ2) is 33.8. The summed E-state index contributed by atoms with van der Waals surface area (Å²) in [5.41, 5.74) is 29.0. The van der Waals surface area contributed by atoms with Crippen LogP contribution in [-0.2, 0) is 0 Å². The molecule has 0 unspecified atom stereocenters. The molecule has 19 aromatic carbocycles. The standard InChI is InChI=1S/C46H30N4.C40H26N4.C39H25N5/c1-4-14-31(15-5-1)39-30-40(48-46(47-39)33-16-6-2-7-17-33)32-24-26-35(27-25-32)50-41-22-12-10-20-36(41)37-28-29-43-44(45(37)50)38-21-11-13-23-42(38)49(43)34-18-8-3-9-19-34;1-4-14-27(15-5-1)34-26-35(28-16-6-2-7-17-28)42-40(41-34)44-37-23-13-11-21-31(37)33-24-38-32(25-39(33)44)30-20-10-12-22-36(30)43(38)29-18-8-3-9-19-29;1-4-14-26(15-5-1)37-40-38(27-16-6-2-7-17-27)42-39(41-37)44-34-23-13-11-21-30(34)32-24-35-31(25-36(32)44)29-20-10-12-22-33(29)43(35)28-18-8-3-9-19-28/h1-30H;1-26H;1-25H. The van der Waals surface area contributed by atoms with Gasteiger partial charge in [0.2, 0.25) is 11.9 Å². The molecule has 28 aromatic rings. The summed E-state index contributed by atoms with van der Waals surface area (Å²) in [5, 5.41) is 14.4. The van der Waals surface area contributed by atoms with Crippen molar-refractivity contribution in [2.45, 2.75) is 0 Å². The summed E-state index contributed by atoms with van der Waals surface area (Å²) in [7, 11) is 0. The molecule has 0 spiro atoms. The molecule has 0 bridgehead atoms. The van der Waals surface area contributed by atoms with E-state index in [4.69, 9.17) is 34.9 Å². The normalized spacial score (nSPS) is 11.6. The van der Waals surface area contributed by atoms with E-state index in [-0.39, 0.29) is 0 Å². The Morgan fingerprint density at radius 2 is 0.377 bits per heavy atom. The molecule has 0 atom stereocenters. The van der Waals surface area contributed by atoms with E-state index in [0.29, 0.717) is 29.4 Å². The van der Waals surface area contributed by atoms with Crippen LogP contribution in [0.2, 0.25) is 0 Å². The highest BCUT2D eigenvalue weighted by molar-refractivity contribution is 6.27. The minimum Gasteiger partial charge on any atom is -0.309 e. The van der Waals surface area contributed by atoms with Gasteiger partial charge in [-0.3, -0.25) is 9.13 Å². The van der Waals surface area contributed by atoms with E-state index in [1.54, 1.807) is 0 Å². The molecule has 13 heteroatoms. The molecular weight excluding hydrogens is 1680 g/mol. The summed E-state index contributed by atoms with van der Waals surface area (Å²) in [4.78, 5) is 35.6. The van der Waals surface area contributed by atoms with Crippen LogP contribution < -0.4 is 0 Å². The molecule has 0 fully saturated rings. The summed E-state index contributed by atoms with van der Waals surface area (Å²) in [6.07, 6.45) is 0. The Hall–Kier alpha value is -18.9. The first-order chi connectivity index (χ1) is 68.5. The van der Waals surface area contributed by atoms with Crippen LogP contribution in [0.3, 0.4) is 0 Å². The lowest BCUT2D eigenvalue weighted by molar-refractivity contribution is 0.954. The largest absolute Gasteiger partial charge is 0.309 e. The average Bonchev–Trinajstić information content (AvgIpc) is 1.56. The third-order valence-electron chi connectivity index (χ3n) is 26.6. The van der Waals surface area contributed by atoms with Crippen molar-refractivity contribution in [3.05, 3.63) is 491 Å². The fraction of sp³-hybridized carbons (Fsp3) is 0.